The predicted molar refractivity (Wildman–Crippen MR) is 73.4 cm³/mol. The molecule has 1 aromatic rings. The lowest BCUT2D eigenvalue weighted by atomic mass is 10.3. The van der Waals surface area contributed by atoms with Crippen LogP contribution in [0.5, 0.6) is 11.5 Å². The summed E-state index contributed by atoms with van der Waals surface area (Å²) in [5, 5.41) is 0. The van der Waals surface area contributed by atoms with Crippen LogP contribution >= 0.6 is 12.4 Å². The molecule has 0 heterocycles. The molecule has 0 radical (unpaired) electrons. The van der Waals surface area contributed by atoms with Crippen molar-refractivity contribution in [3.8, 4) is 11.5 Å². The molecule has 1 rings (SSSR count). The highest BCUT2D eigenvalue weighted by atomic mass is 35.5. The molecule has 0 aliphatic rings. The molecule has 0 N–H and O–H groups in total. The first-order chi connectivity index (χ1) is 7.72. The minimum Gasteiger partial charge on any atom is -0.497 e. The van der Waals surface area contributed by atoms with Crippen LogP contribution in [0.2, 0.25) is 0 Å². The van der Waals surface area contributed by atoms with E-state index < -0.39 is 0 Å². The Morgan fingerprint density at radius 2 is 1.88 bits per heavy atom. The number of halogens is 1. The normalized spacial score (nSPS) is 10.4. The lowest BCUT2D eigenvalue weighted by molar-refractivity contribution is 0.355. The molecule has 0 bridgehead atoms. The summed E-state index contributed by atoms with van der Waals surface area (Å²) < 4.78 is 10.7. The van der Waals surface area contributed by atoms with E-state index >= 15 is 0 Å². The third-order valence-electron chi connectivity index (χ3n) is 2.02. The Morgan fingerprint density at radius 3 is 2.53 bits per heavy atom. The van der Waals surface area contributed by atoms with Gasteiger partial charge in [0, 0.05) is 12.6 Å². The van der Waals surface area contributed by atoms with Crippen molar-refractivity contribution in [3.63, 3.8) is 0 Å². The third kappa shape index (κ3) is 6.87. The SMILES string of the molecule is COc1cccc(OC/C=C/CN(C)C)c1.Cl. The van der Waals surface area contributed by atoms with Crippen molar-refractivity contribution < 1.29 is 9.47 Å². The Labute approximate surface area is 109 Å². The summed E-state index contributed by atoms with van der Waals surface area (Å²) in [4.78, 5) is 2.10. The molecule has 0 aliphatic heterocycles. The quantitative estimate of drug-likeness (QED) is 0.732. The predicted octanol–water partition coefficient (Wildman–Crippen LogP) is 2.61. The lowest BCUT2D eigenvalue weighted by Gasteiger charge is -2.06. The average molecular weight is 258 g/mol. The van der Waals surface area contributed by atoms with Crippen molar-refractivity contribution in [2.75, 3.05) is 34.4 Å². The standard InChI is InChI=1S/C13H19NO2.ClH/c1-14(2)9-4-5-10-16-13-8-6-7-12(11-13)15-3;/h4-8,11H,9-10H2,1-3H3;1H/b5-4+;. The molecule has 1 aromatic carbocycles. The Balaban J connectivity index is 0.00000256. The largest absolute Gasteiger partial charge is 0.497 e. The van der Waals surface area contributed by atoms with Gasteiger partial charge >= 0.3 is 0 Å². The number of hydrogen-bond donors (Lipinski definition) is 0. The van der Waals surface area contributed by atoms with E-state index in [1.165, 1.54) is 0 Å². The van der Waals surface area contributed by atoms with Crippen LogP contribution in [0.1, 0.15) is 0 Å². The van der Waals surface area contributed by atoms with E-state index in [0.717, 1.165) is 18.0 Å². The number of hydrogen-bond acceptors (Lipinski definition) is 3. The van der Waals surface area contributed by atoms with E-state index in [2.05, 4.69) is 11.0 Å². The van der Waals surface area contributed by atoms with Gasteiger partial charge in [-0.1, -0.05) is 18.2 Å². The number of nitrogens with zero attached hydrogens (tertiary/aromatic N) is 1. The van der Waals surface area contributed by atoms with E-state index in [4.69, 9.17) is 9.47 Å². The van der Waals surface area contributed by atoms with Crippen LogP contribution in [-0.4, -0.2) is 39.3 Å². The van der Waals surface area contributed by atoms with Gasteiger partial charge in [-0.15, -0.1) is 12.4 Å². The molecule has 0 amide bonds. The zero-order valence-electron chi connectivity index (χ0n) is 10.6. The van der Waals surface area contributed by atoms with Gasteiger partial charge in [-0.05, 0) is 26.2 Å². The summed E-state index contributed by atoms with van der Waals surface area (Å²) in [5.41, 5.74) is 0. The maximum atomic E-state index is 5.54. The summed E-state index contributed by atoms with van der Waals surface area (Å²) in [7, 11) is 5.72. The van der Waals surface area contributed by atoms with Gasteiger partial charge in [0.2, 0.25) is 0 Å². The summed E-state index contributed by atoms with van der Waals surface area (Å²) in [6, 6.07) is 7.61. The van der Waals surface area contributed by atoms with Gasteiger partial charge in [0.1, 0.15) is 18.1 Å². The molecule has 0 aromatic heterocycles. The Kier molecular flexibility index (Phi) is 8.28. The molecule has 0 spiro atoms. The second-order valence-corrected chi connectivity index (χ2v) is 3.72. The van der Waals surface area contributed by atoms with Gasteiger partial charge in [-0.3, -0.25) is 0 Å². The molecule has 0 fully saturated rings. The van der Waals surface area contributed by atoms with Crippen molar-refractivity contribution in [1.29, 1.82) is 0 Å². The van der Waals surface area contributed by atoms with Crippen LogP contribution in [-0.2, 0) is 0 Å². The number of ether oxygens (including phenoxy) is 2. The first-order valence-corrected chi connectivity index (χ1v) is 5.29. The van der Waals surface area contributed by atoms with Crippen molar-refractivity contribution in [2.24, 2.45) is 0 Å². The summed E-state index contributed by atoms with van der Waals surface area (Å²) in [6.45, 7) is 1.52. The van der Waals surface area contributed by atoms with Gasteiger partial charge in [0.25, 0.3) is 0 Å². The zero-order valence-corrected chi connectivity index (χ0v) is 11.4. The summed E-state index contributed by atoms with van der Waals surface area (Å²) in [6.07, 6.45) is 4.10. The van der Waals surface area contributed by atoms with Gasteiger partial charge in [-0.2, -0.15) is 0 Å². The fourth-order valence-corrected chi connectivity index (χ4v) is 1.19. The van der Waals surface area contributed by atoms with Crippen LogP contribution in [0.3, 0.4) is 0 Å². The van der Waals surface area contributed by atoms with E-state index in [-0.39, 0.29) is 12.4 Å². The van der Waals surface area contributed by atoms with E-state index in [1.54, 1.807) is 7.11 Å². The number of benzene rings is 1. The Bertz CT molecular complexity index is 340. The van der Waals surface area contributed by atoms with Gasteiger partial charge in [0.05, 0.1) is 7.11 Å². The zero-order chi connectivity index (χ0) is 11.8. The first kappa shape index (κ1) is 15.8. The van der Waals surface area contributed by atoms with E-state index in [0.29, 0.717) is 6.61 Å². The fourth-order valence-electron chi connectivity index (χ4n) is 1.19. The summed E-state index contributed by atoms with van der Waals surface area (Å²) in [5.74, 6) is 1.64. The highest BCUT2D eigenvalue weighted by molar-refractivity contribution is 5.85. The third-order valence-corrected chi connectivity index (χ3v) is 2.02. The number of methoxy groups -OCH3 is 1. The topological polar surface area (TPSA) is 21.7 Å². The second kappa shape index (κ2) is 8.90. The fraction of sp³-hybridized carbons (Fsp3) is 0.385. The van der Waals surface area contributed by atoms with E-state index in [1.807, 2.05) is 44.4 Å². The molecule has 0 atom stereocenters. The average Bonchev–Trinajstić information content (AvgIpc) is 2.28. The first-order valence-electron chi connectivity index (χ1n) is 5.29. The molecule has 3 nitrogen and oxygen atoms in total. The van der Waals surface area contributed by atoms with Crippen molar-refractivity contribution >= 4 is 12.4 Å². The minimum absolute atomic E-state index is 0. The van der Waals surface area contributed by atoms with Gasteiger partial charge in [0.15, 0.2) is 0 Å². The maximum absolute atomic E-state index is 5.54. The van der Waals surface area contributed by atoms with Crippen LogP contribution in [0.4, 0.5) is 0 Å². The molecule has 0 saturated heterocycles. The highest BCUT2D eigenvalue weighted by Crippen LogP contribution is 2.18. The molecule has 4 heteroatoms. The molecule has 96 valence electrons. The maximum Gasteiger partial charge on any atom is 0.123 e. The molecular weight excluding hydrogens is 238 g/mol. The van der Waals surface area contributed by atoms with Crippen molar-refractivity contribution in [3.05, 3.63) is 36.4 Å². The molecule has 0 aliphatic carbocycles. The van der Waals surface area contributed by atoms with Crippen LogP contribution in [0.15, 0.2) is 36.4 Å². The molecule has 17 heavy (non-hydrogen) atoms. The van der Waals surface area contributed by atoms with Crippen LogP contribution in [0.25, 0.3) is 0 Å². The Morgan fingerprint density at radius 1 is 1.18 bits per heavy atom. The van der Waals surface area contributed by atoms with Crippen LogP contribution < -0.4 is 9.47 Å². The second-order valence-electron chi connectivity index (χ2n) is 3.72. The van der Waals surface area contributed by atoms with E-state index in [9.17, 15) is 0 Å². The van der Waals surface area contributed by atoms with Crippen LogP contribution in [0, 0.1) is 0 Å². The smallest absolute Gasteiger partial charge is 0.123 e. The van der Waals surface area contributed by atoms with Crippen molar-refractivity contribution in [2.45, 2.75) is 0 Å². The lowest BCUT2D eigenvalue weighted by Crippen LogP contribution is -2.10. The highest BCUT2D eigenvalue weighted by Gasteiger charge is 1.94. The number of rotatable bonds is 6. The van der Waals surface area contributed by atoms with Gasteiger partial charge < -0.3 is 14.4 Å². The van der Waals surface area contributed by atoms with Crippen molar-refractivity contribution in [1.82, 2.24) is 4.90 Å². The minimum atomic E-state index is 0. The number of likely N-dealkylation sites (N-methyl/N-ethyl adjacent to an activating group) is 1. The molecular formula is C13H20ClNO2. The van der Waals surface area contributed by atoms with Gasteiger partial charge in [-0.25, -0.2) is 0 Å². The molecule has 0 unspecified atom stereocenters. The Hall–Kier alpha value is -1.19. The molecule has 0 saturated carbocycles. The monoisotopic (exact) mass is 257 g/mol. The summed E-state index contributed by atoms with van der Waals surface area (Å²) >= 11 is 0.